The van der Waals surface area contributed by atoms with Gasteiger partial charge in [0.2, 0.25) is 0 Å². The highest BCUT2D eigenvalue weighted by Gasteiger charge is 2.38. The molecule has 5 heteroatoms. The van der Waals surface area contributed by atoms with Crippen LogP contribution in [0.25, 0.3) is 0 Å². The van der Waals surface area contributed by atoms with E-state index in [2.05, 4.69) is 32.5 Å². The second-order valence-electron chi connectivity index (χ2n) is 4.30. The normalized spacial score (nSPS) is 22.6. The van der Waals surface area contributed by atoms with Crippen LogP contribution in [0.1, 0.15) is 24.7 Å². The molecule has 0 aliphatic carbocycles. The largest absolute Gasteiger partial charge is 0.453 e. The van der Waals surface area contributed by atoms with Gasteiger partial charge in [-0.05, 0) is 43.5 Å². The highest BCUT2D eigenvalue weighted by atomic mass is 79.9. The van der Waals surface area contributed by atoms with Crippen LogP contribution in [-0.2, 0) is 9.47 Å². The Morgan fingerprint density at radius 3 is 2.53 bits per heavy atom. The zero-order chi connectivity index (χ0) is 12.5. The fourth-order valence-corrected chi connectivity index (χ4v) is 2.85. The molecule has 1 heterocycles. The molecule has 1 aromatic carbocycles. The minimum Gasteiger partial charge on any atom is -0.453 e. The van der Waals surface area contributed by atoms with Crippen molar-refractivity contribution in [1.82, 2.24) is 0 Å². The Kier molecular flexibility index (Phi) is 3.68. The molecule has 1 aliphatic heterocycles. The molecular weight excluding hydrogens is 302 g/mol. The van der Waals surface area contributed by atoms with Crippen molar-refractivity contribution in [3.8, 4) is 0 Å². The van der Waals surface area contributed by atoms with Crippen molar-refractivity contribution >= 4 is 34.0 Å². The maximum absolute atomic E-state index is 5.72. The molecule has 0 radical (unpaired) electrons. The van der Waals surface area contributed by atoms with Gasteiger partial charge in [0, 0.05) is 4.47 Å². The zero-order valence-corrected chi connectivity index (χ0v) is 12.3. The van der Waals surface area contributed by atoms with Crippen molar-refractivity contribution in [2.24, 2.45) is 4.40 Å². The van der Waals surface area contributed by atoms with Crippen LogP contribution in [-0.4, -0.2) is 18.8 Å². The van der Waals surface area contributed by atoms with Crippen LogP contribution in [0.4, 0.5) is 0 Å². The first kappa shape index (κ1) is 12.8. The summed E-state index contributed by atoms with van der Waals surface area (Å²) in [7, 11) is 1.56. The van der Waals surface area contributed by atoms with Crippen molar-refractivity contribution < 1.29 is 9.47 Å². The number of hydrogen-bond donors (Lipinski definition) is 0. The van der Waals surface area contributed by atoms with Gasteiger partial charge in [-0.1, -0.05) is 28.1 Å². The average molecular weight is 316 g/mol. The summed E-state index contributed by atoms with van der Waals surface area (Å²) in [6, 6.07) is 8.23. The molecule has 1 aromatic rings. The first-order chi connectivity index (χ1) is 8.03. The van der Waals surface area contributed by atoms with Crippen LogP contribution >= 0.6 is 27.9 Å². The Morgan fingerprint density at radius 1 is 1.35 bits per heavy atom. The van der Waals surface area contributed by atoms with Gasteiger partial charge in [0.1, 0.15) is 5.60 Å². The molecule has 0 amide bonds. The maximum Gasteiger partial charge on any atom is 0.395 e. The zero-order valence-electron chi connectivity index (χ0n) is 9.94. The lowest BCUT2D eigenvalue weighted by molar-refractivity contribution is 0.0478. The average Bonchev–Trinajstić information content (AvgIpc) is 2.29. The molecule has 92 valence electrons. The molecule has 1 atom stereocenters. The standard InChI is InChI=1S/C12H14BrNO2S/c1-12(2)10(17-14-11(15-3)16-12)8-4-6-9(13)7-5-8/h4-7,10H,1-3H3/t10-/m1/s1. The van der Waals surface area contributed by atoms with E-state index >= 15 is 0 Å². The highest BCUT2D eigenvalue weighted by Crippen LogP contribution is 2.44. The molecule has 0 spiro atoms. The molecule has 2 rings (SSSR count). The number of benzene rings is 1. The molecule has 0 saturated carbocycles. The van der Waals surface area contributed by atoms with E-state index in [1.165, 1.54) is 17.5 Å². The Balaban J connectivity index is 2.27. The van der Waals surface area contributed by atoms with Crippen LogP contribution in [0.5, 0.6) is 0 Å². The molecule has 0 saturated heterocycles. The number of ether oxygens (including phenoxy) is 2. The van der Waals surface area contributed by atoms with E-state index in [0.717, 1.165) is 4.47 Å². The fraction of sp³-hybridized carbons (Fsp3) is 0.417. The SMILES string of the molecule is COC1=NS[C@H](c2ccc(Br)cc2)C(C)(C)O1. The Labute approximate surface area is 114 Å². The quantitative estimate of drug-likeness (QED) is 0.735. The van der Waals surface area contributed by atoms with E-state index in [0.29, 0.717) is 6.08 Å². The Morgan fingerprint density at radius 2 is 2.00 bits per heavy atom. The summed E-state index contributed by atoms with van der Waals surface area (Å²) in [5, 5.41) is 0.162. The summed E-state index contributed by atoms with van der Waals surface area (Å²) in [5.41, 5.74) is 0.855. The van der Waals surface area contributed by atoms with Gasteiger partial charge in [-0.25, -0.2) is 0 Å². The summed E-state index contributed by atoms with van der Waals surface area (Å²) < 4.78 is 16.0. The number of hydrogen-bond acceptors (Lipinski definition) is 4. The van der Waals surface area contributed by atoms with Crippen LogP contribution in [0, 0.1) is 0 Å². The van der Waals surface area contributed by atoms with E-state index < -0.39 is 0 Å². The van der Waals surface area contributed by atoms with E-state index in [4.69, 9.17) is 9.47 Å². The molecule has 0 N–H and O–H groups in total. The first-order valence-electron chi connectivity index (χ1n) is 5.25. The van der Waals surface area contributed by atoms with Crippen LogP contribution < -0.4 is 0 Å². The maximum atomic E-state index is 5.72. The van der Waals surface area contributed by atoms with Crippen molar-refractivity contribution in [2.75, 3.05) is 7.11 Å². The second-order valence-corrected chi connectivity index (χ2v) is 6.08. The smallest absolute Gasteiger partial charge is 0.395 e. The van der Waals surface area contributed by atoms with Gasteiger partial charge in [0.25, 0.3) is 0 Å². The molecule has 0 aromatic heterocycles. The fourth-order valence-electron chi connectivity index (χ4n) is 1.70. The van der Waals surface area contributed by atoms with Crippen LogP contribution in [0.3, 0.4) is 0 Å². The van der Waals surface area contributed by atoms with E-state index in [1.807, 2.05) is 26.0 Å². The highest BCUT2D eigenvalue weighted by molar-refractivity contribution is 9.10. The molecule has 0 unspecified atom stereocenters. The molecular formula is C12H14BrNO2S. The Hall–Kier alpha value is -0.680. The Bertz CT molecular complexity index is 431. The lowest BCUT2D eigenvalue weighted by Crippen LogP contribution is -2.36. The third kappa shape index (κ3) is 2.77. The van der Waals surface area contributed by atoms with Crippen molar-refractivity contribution in [2.45, 2.75) is 24.7 Å². The molecule has 0 fully saturated rings. The van der Waals surface area contributed by atoms with Gasteiger partial charge in [0.15, 0.2) is 0 Å². The van der Waals surface area contributed by atoms with Gasteiger partial charge in [0.05, 0.1) is 12.4 Å². The lowest BCUT2D eigenvalue weighted by Gasteiger charge is -2.36. The molecule has 17 heavy (non-hydrogen) atoms. The number of rotatable bonds is 1. The van der Waals surface area contributed by atoms with Gasteiger partial charge < -0.3 is 9.47 Å². The summed E-state index contributed by atoms with van der Waals surface area (Å²) in [6.45, 7) is 4.08. The molecule has 3 nitrogen and oxygen atoms in total. The molecule has 1 aliphatic rings. The summed E-state index contributed by atoms with van der Waals surface area (Å²) >= 11 is 4.92. The third-order valence-electron chi connectivity index (χ3n) is 2.56. The predicted octanol–water partition coefficient (Wildman–Crippen LogP) is 3.95. The summed E-state index contributed by atoms with van der Waals surface area (Å²) in [5.74, 6) is 0. The van der Waals surface area contributed by atoms with Gasteiger partial charge in [-0.3, -0.25) is 0 Å². The van der Waals surface area contributed by atoms with Gasteiger partial charge in [-0.2, -0.15) is 0 Å². The minimum atomic E-state index is -0.342. The number of methoxy groups -OCH3 is 1. The lowest BCUT2D eigenvalue weighted by atomic mass is 9.97. The predicted molar refractivity (Wildman–Crippen MR) is 74.1 cm³/mol. The van der Waals surface area contributed by atoms with Crippen molar-refractivity contribution in [3.05, 3.63) is 34.3 Å². The van der Waals surface area contributed by atoms with Crippen LogP contribution in [0.15, 0.2) is 33.1 Å². The molecule has 0 bridgehead atoms. The van der Waals surface area contributed by atoms with Gasteiger partial charge >= 0.3 is 6.08 Å². The topological polar surface area (TPSA) is 30.8 Å². The minimum absolute atomic E-state index is 0.162. The monoisotopic (exact) mass is 315 g/mol. The number of halogens is 1. The number of nitrogens with zero attached hydrogens (tertiary/aromatic N) is 1. The summed E-state index contributed by atoms with van der Waals surface area (Å²) in [4.78, 5) is 0. The third-order valence-corrected chi connectivity index (χ3v) is 4.40. The van der Waals surface area contributed by atoms with E-state index in [9.17, 15) is 0 Å². The van der Waals surface area contributed by atoms with Crippen LogP contribution in [0.2, 0.25) is 0 Å². The van der Waals surface area contributed by atoms with Gasteiger partial charge in [-0.15, -0.1) is 4.40 Å². The van der Waals surface area contributed by atoms with E-state index in [-0.39, 0.29) is 10.9 Å². The van der Waals surface area contributed by atoms with E-state index in [1.54, 1.807) is 7.11 Å². The summed E-state index contributed by atoms with van der Waals surface area (Å²) in [6.07, 6.45) is 0.341. The van der Waals surface area contributed by atoms with Crippen molar-refractivity contribution in [1.29, 1.82) is 0 Å². The second kappa shape index (κ2) is 4.90. The van der Waals surface area contributed by atoms with Crippen molar-refractivity contribution in [3.63, 3.8) is 0 Å². The first-order valence-corrected chi connectivity index (χ1v) is 6.88.